The Labute approximate surface area is 168 Å². The van der Waals surface area contributed by atoms with Crippen LogP contribution in [-0.2, 0) is 29.0 Å². The van der Waals surface area contributed by atoms with Crippen molar-refractivity contribution >= 4 is 28.9 Å². The van der Waals surface area contributed by atoms with Crippen LogP contribution in [0.3, 0.4) is 0 Å². The van der Waals surface area contributed by atoms with E-state index in [0.29, 0.717) is 16.3 Å². The lowest BCUT2D eigenvalue weighted by Gasteiger charge is -2.04. The minimum atomic E-state index is -0.380. The topological polar surface area (TPSA) is 68.3 Å². The van der Waals surface area contributed by atoms with Crippen LogP contribution in [0.2, 0.25) is 0 Å². The van der Waals surface area contributed by atoms with Crippen LogP contribution in [0.5, 0.6) is 0 Å². The highest BCUT2D eigenvalue weighted by molar-refractivity contribution is 7.09. The highest BCUT2D eigenvalue weighted by Gasteiger charge is 2.11. The number of hydrogen-bond acceptors (Lipinski definition) is 5. The van der Waals surface area contributed by atoms with Crippen molar-refractivity contribution in [3.63, 3.8) is 0 Å². The molecule has 6 heteroatoms. The third-order valence-corrected chi connectivity index (χ3v) is 5.09. The Kier molecular flexibility index (Phi) is 6.55. The number of thiazole rings is 1. The molecule has 0 saturated heterocycles. The smallest absolute Gasteiger partial charge is 0.338 e. The molecule has 1 aromatic heterocycles. The van der Waals surface area contributed by atoms with Gasteiger partial charge < -0.3 is 10.1 Å². The predicted molar refractivity (Wildman–Crippen MR) is 111 cm³/mol. The summed E-state index contributed by atoms with van der Waals surface area (Å²) in [7, 11) is 0. The van der Waals surface area contributed by atoms with E-state index in [2.05, 4.69) is 17.2 Å². The van der Waals surface area contributed by atoms with Crippen molar-refractivity contribution in [1.82, 2.24) is 4.98 Å². The first-order valence-electron chi connectivity index (χ1n) is 9.09. The minimum absolute atomic E-state index is 0.0877. The maximum absolute atomic E-state index is 12.1. The van der Waals surface area contributed by atoms with Crippen LogP contribution in [0.25, 0.3) is 0 Å². The van der Waals surface area contributed by atoms with Gasteiger partial charge in [-0.15, -0.1) is 11.3 Å². The van der Waals surface area contributed by atoms with Crippen LogP contribution >= 0.6 is 11.3 Å². The molecule has 1 amide bonds. The van der Waals surface area contributed by atoms with Crippen molar-refractivity contribution in [2.75, 3.05) is 5.32 Å². The second-order valence-corrected chi connectivity index (χ2v) is 7.39. The molecule has 0 aliphatic rings. The van der Waals surface area contributed by atoms with Crippen LogP contribution in [0.4, 0.5) is 5.69 Å². The molecule has 5 nitrogen and oxygen atoms in total. The van der Waals surface area contributed by atoms with E-state index in [-0.39, 0.29) is 24.9 Å². The standard InChI is InChI=1S/C22H22N2O3S/c1-3-16-6-8-17(9-7-16)22(26)27-13-19-14-28-21(24-19)12-20(25)23-18-10-4-15(2)5-11-18/h4-11,14H,3,12-13H2,1-2H3,(H,23,25). The molecule has 0 unspecified atom stereocenters. The van der Waals surface area contributed by atoms with Crippen molar-refractivity contribution in [2.24, 2.45) is 0 Å². The summed E-state index contributed by atoms with van der Waals surface area (Å²) in [5.74, 6) is -0.507. The fourth-order valence-electron chi connectivity index (χ4n) is 2.58. The average Bonchev–Trinajstić information content (AvgIpc) is 3.15. The molecule has 0 aliphatic heterocycles. The maximum atomic E-state index is 12.1. The van der Waals surface area contributed by atoms with Crippen molar-refractivity contribution in [3.05, 3.63) is 81.3 Å². The highest BCUT2D eigenvalue weighted by Crippen LogP contribution is 2.15. The Bertz CT molecular complexity index is 947. The number of rotatable bonds is 7. The normalized spacial score (nSPS) is 10.5. The van der Waals surface area contributed by atoms with E-state index in [1.54, 1.807) is 12.1 Å². The Hall–Kier alpha value is -2.99. The number of aryl methyl sites for hydroxylation is 2. The summed E-state index contributed by atoms with van der Waals surface area (Å²) in [6.07, 6.45) is 1.11. The Morgan fingerprint density at radius 3 is 2.46 bits per heavy atom. The number of carbonyl (C=O) groups is 2. The second kappa shape index (κ2) is 9.28. The summed E-state index contributed by atoms with van der Waals surface area (Å²) in [5, 5.41) is 5.34. The van der Waals surface area contributed by atoms with Crippen molar-refractivity contribution in [2.45, 2.75) is 33.3 Å². The van der Waals surface area contributed by atoms with Crippen molar-refractivity contribution in [1.29, 1.82) is 0 Å². The monoisotopic (exact) mass is 394 g/mol. The SMILES string of the molecule is CCc1ccc(C(=O)OCc2csc(CC(=O)Nc3ccc(C)cc3)n2)cc1. The summed E-state index contributed by atoms with van der Waals surface area (Å²) in [6.45, 7) is 4.15. The van der Waals surface area contributed by atoms with E-state index in [9.17, 15) is 9.59 Å². The van der Waals surface area contributed by atoms with Gasteiger partial charge in [-0.05, 0) is 43.2 Å². The van der Waals surface area contributed by atoms with Crippen LogP contribution in [-0.4, -0.2) is 16.9 Å². The van der Waals surface area contributed by atoms with Crippen LogP contribution in [0, 0.1) is 6.92 Å². The summed E-state index contributed by atoms with van der Waals surface area (Å²) in [5.41, 5.74) is 4.23. The van der Waals surface area contributed by atoms with Gasteiger partial charge in [0.25, 0.3) is 0 Å². The van der Waals surface area contributed by atoms with Gasteiger partial charge in [0, 0.05) is 11.1 Å². The third-order valence-electron chi connectivity index (χ3n) is 4.20. The van der Waals surface area contributed by atoms with Gasteiger partial charge in [0.2, 0.25) is 5.91 Å². The van der Waals surface area contributed by atoms with Gasteiger partial charge in [0.1, 0.15) is 11.6 Å². The Balaban J connectivity index is 1.49. The number of anilines is 1. The fraction of sp³-hybridized carbons (Fsp3) is 0.227. The van der Waals surface area contributed by atoms with Crippen LogP contribution in [0.1, 0.15) is 39.1 Å². The van der Waals surface area contributed by atoms with Gasteiger partial charge in [-0.1, -0.05) is 36.8 Å². The lowest BCUT2D eigenvalue weighted by molar-refractivity contribution is -0.115. The number of esters is 1. The summed E-state index contributed by atoms with van der Waals surface area (Å²) in [6, 6.07) is 15.0. The molecular weight excluding hydrogens is 372 g/mol. The molecule has 1 N–H and O–H groups in total. The average molecular weight is 394 g/mol. The molecule has 0 bridgehead atoms. The number of nitrogens with one attached hydrogen (secondary N) is 1. The first kappa shape index (κ1) is 19.8. The molecule has 0 spiro atoms. The summed E-state index contributed by atoms with van der Waals surface area (Å²) >= 11 is 1.38. The largest absolute Gasteiger partial charge is 0.456 e. The molecule has 3 rings (SSSR count). The number of aromatic nitrogens is 1. The van der Waals surface area contributed by atoms with E-state index in [1.807, 2.05) is 48.7 Å². The zero-order chi connectivity index (χ0) is 19.9. The lowest BCUT2D eigenvalue weighted by atomic mass is 10.1. The van der Waals surface area contributed by atoms with Crippen molar-refractivity contribution in [3.8, 4) is 0 Å². The Morgan fingerprint density at radius 2 is 1.79 bits per heavy atom. The molecule has 1 heterocycles. The predicted octanol–water partition coefficient (Wildman–Crippen LogP) is 4.55. The second-order valence-electron chi connectivity index (χ2n) is 6.45. The van der Waals surface area contributed by atoms with E-state index in [4.69, 9.17) is 4.74 Å². The highest BCUT2D eigenvalue weighted by atomic mass is 32.1. The minimum Gasteiger partial charge on any atom is -0.456 e. The maximum Gasteiger partial charge on any atom is 0.338 e. The van der Waals surface area contributed by atoms with Crippen LogP contribution < -0.4 is 5.32 Å². The van der Waals surface area contributed by atoms with E-state index in [1.165, 1.54) is 16.9 Å². The number of nitrogens with zero attached hydrogens (tertiary/aromatic N) is 1. The number of carbonyl (C=O) groups excluding carboxylic acids is 2. The van der Waals surface area contributed by atoms with E-state index >= 15 is 0 Å². The molecular formula is C22H22N2O3S. The van der Waals surface area contributed by atoms with Gasteiger partial charge in [-0.2, -0.15) is 0 Å². The molecule has 144 valence electrons. The fourth-order valence-corrected chi connectivity index (χ4v) is 3.35. The van der Waals surface area contributed by atoms with Crippen molar-refractivity contribution < 1.29 is 14.3 Å². The van der Waals surface area contributed by atoms with E-state index in [0.717, 1.165) is 17.7 Å². The van der Waals surface area contributed by atoms with Gasteiger partial charge >= 0.3 is 5.97 Å². The molecule has 0 atom stereocenters. The molecule has 3 aromatic rings. The molecule has 2 aromatic carbocycles. The number of hydrogen-bond donors (Lipinski definition) is 1. The van der Waals surface area contributed by atoms with Gasteiger partial charge in [0.15, 0.2) is 0 Å². The number of benzene rings is 2. The van der Waals surface area contributed by atoms with Gasteiger partial charge in [-0.25, -0.2) is 9.78 Å². The zero-order valence-corrected chi connectivity index (χ0v) is 16.7. The summed E-state index contributed by atoms with van der Waals surface area (Å²) in [4.78, 5) is 28.6. The van der Waals surface area contributed by atoms with Gasteiger partial charge in [0.05, 0.1) is 17.7 Å². The molecule has 0 saturated carbocycles. The summed E-state index contributed by atoms with van der Waals surface area (Å²) < 4.78 is 5.32. The third kappa shape index (κ3) is 5.50. The lowest BCUT2D eigenvalue weighted by Crippen LogP contribution is -2.14. The number of amides is 1. The molecule has 0 aliphatic carbocycles. The van der Waals surface area contributed by atoms with Crippen LogP contribution in [0.15, 0.2) is 53.9 Å². The quantitative estimate of drug-likeness (QED) is 0.597. The zero-order valence-electron chi connectivity index (χ0n) is 15.9. The Morgan fingerprint density at radius 1 is 1.07 bits per heavy atom. The molecule has 28 heavy (non-hydrogen) atoms. The first-order valence-corrected chi connectivity index (χ1v) is 9.97. The first-order chi connectivity index (χ1) is 13.5. The van der Waals surface area contributed by atoms with Gasteiger partial charge in [-0.3, -0.25) is 4.79 Å². The van der Waals surface area contributed by atoms with E-state index < -0.39 is 0 Å². The number of ether oxygens (including phenoxy) is 1. The molecule has 0 fully saturated rings. The molecule has 0 radical (unpaired) electrons.